The molecule has 0 aliphatic heterocycles. The first-order valence-electron chi connectivity index (χ1n) is 8.40. The maximum atomic E-state index is 12.4. The molecular formula is C20H19N3O3S. The van der Waals surface area contributed by atoms with E-state index in [-0.39, 0.29) is 5.91 Å². The van der Waals surface area contributed by atoms with Crippen LogP contribution in [0.2, 0.25) is 0 Å². The second-order valence-electron chi connectivity index (χ2n) is 5.71. The summed E-state index contributed by atoms with van der Waals surface area (Å²) in [5, 5.41) is 6.41. The number of carbonyl (C=O) groups is 2. The molecule has 0 saturated heterocycles. The molecule has 2 amide bonds. The van der Waals surface area contributed by atoms with Crippen molar-refractivity contribution in [3.05, 3.63) is 66.2 Å². The Morgan fingerprint density at radius 1 is 1.00 bits per heavy atom. The van der Waals surface area contributed by atoms with Crippen LogP contribution in [0, 0.1) is 0 Å². The van der Waals surface area contributed by atoms with Crippen molar-refractivity contribution in [1.82, 2.24) is 4.98 Å². The van der Waals surface area contributed by atoms with E-state index >= 15 is 0 Å². The van der Waals surface area contributed by atoms with E-state index in [1.165, 1.54) is 18.4 Å². The Hall–Kier alpha value is -3.19. The highest BCUT2D eigenvalue weighted by atomic mass is 32.1. The minimum atomic E-state index is -0.606. The highest BCUT2D eigenvalue weighted by Gasteiger charge is 2.17. The Labute approximate surface area is 161 Å². The summed E-state index contributed by atoms with van der Waals surface area (Å²) in [5.41, 5.74) is 2.57. The van der Waals surface area contributed by atoms with Crippen molar-refractivity contribution in [1.29, 1.82) is 0 Å². The molecule has 7 heteroatoms. The third kappa shape index (κ3) is 5.15. The third-order valence-electron chi connectivity index (χ3n) is 3.81. The minimum absolute atomic E-state index is 0.107. The summed E-state index contributed by atoms with van der Waals surface area (Å²) in [6, 6.07) is 19.3. The highest BCUT2D eigenvalue weighted by molar-refractivity contribution is 7.20. The maximum Gasteiger partial charge on any atom is 0.413 e. The van der Waals surface area contributed by atoms with Crippen LogP contribution in [0.5, 0.6) is 0 Å². The molecule has 6 nitrogen and oxygen atoms in total. The number of ether oxygens (including phenoxy) is 1. The second kappa shape index (κ2) is 8.95. The first kappa shape index (κ1) is 18.6. The van der Waals surface area contributed by atoms with E-state index in [4.69, 9.17) is 0 Å². The van der Waals surface area contributed by atoms with Gasteiger partial charge >= 0.3 is 6.09 Å². The summed E-state index contributed by atoms with van der Waals surface area (Å²) < 4.78 is 4.61. The fraction of sp³-hybridized carbons (Fsp3) is 0.150. The molecule has 0 aliphatic carbocycles. The number of hydrogen-bond acceptors (Lipinski definition) is 5. The monoisotopic (exact) mass is 381 g/mol. The van der Waals surface area contributed by atoms with Gasteiger partial charge in [-0.2, -0.15) is 0 Å². The van der Waals surface area contributed by atoms with Gasteiger partial charge in [0.25, 0.3) is 0 Å². The Morgan fingerprint density at radius 2 is 1.67 bits per heavy atom. The van der Waals surface area contributed by atoms with Crippen LogP contribution in [0.3, 0.4) is 0 Å². The second-order valence-corrected chi connectivity index (χ2v) is 6.71. The summed E-state index contributed by atoms with van der Waals surface area (Å²) in [7, 11) is 1.29. The lowest BCUT2D eigenvalue weighted by atomic mass is 10.1. The number of hydrogen-bond donors (Lipinski definition) is 2. The smallest absolute Gasteiger partial charge is 0.413 e. The lowest BCUT2D eigenvalue weighted by Gasteiger charge is -2.05. The quantitative estimate of drug-likeness (QED) is 0.656. The zero-order valence-electron chi connectivity index (χ0n) is 14.8. The van der Waals surface area contributed by atoms with E-state index in [9.17, 15) is 9.59 Å². The number of anilines is 2. The topological polar surface area (TPSA) is 80.3 Å². The van der Waals surface area contributed by atoms with E-state index in [2.05, 4.69) is 20.4 Å². The number of rotatable bonds is 6. The molecule has 0 atom stereocenters. The molecule has 0 radical (unpaired) electrons. The average molecular weight is 381 g/mol. The number of thiazole rings is 1. The molecule has 0 bridgehead atoms. The number of amides is 2. The minimum Gasteiger partial charge on any atom is -0.453 e. The molecule has 138 valence electrons. The van der Waals surface area contributed by atoms with Crippen LogP contribution in [0.1, 0.15) is 12.0 Å². The number of nitrogens with zero attached hydrogens (tertiary/aromatic N) is 1. The largest absolute Gasteiger partial charge is 0.453 e. The molecule has 1 aromatic heterocycles. The SMILES string of the molecule is COC(=O)Nc1nc(-c2ccccc2)c(NC(=O)CCc2ccccc2)s1. The molecule has 2 aromatic carbocycles. The van der Waals surface area contributed by atoms with Gasteiger partial charge in [0.15, 0.2) is 5.13 Å². The van der Waals surface area contributed by atoms with Gasteiger partial charge in [-0.3, -0.25) is 10.1 Å². The molecule has 0 aliphatic rings. The summed E-state index contributed by atoms with van der Waals surface area (Å²) in [4.78, 5) is 28.3. The molecule has 0 fully saturated rings. The molecule has 0 spiro atoms. The lowest BCUT2D eigenvalue weighted by Crippen LogP contribution is -2.12. The maximum absolute atomic E-state index is 12.4. The lowest BCUT2D eigenvalue weighted by molar-refractivity contribution is -0.116. The van der Waals surface area contributed by atoms with Crippen molar-refractivity contribution >= 4 is 33.5 Å². The summed E-state index contributed by atoms with van der Waals surface area (Å²) in [6.07, 6.45) is 0.403. The first-order valence-corrected chi connectivity index (χ1v) is 9.22. The van der Waals surface area contributed by atoms with Gasteiger partial charge in [-0.05, 0) is 12.0 Å². The summed E-state index contributed by atoms with van der Waals surface area (Å²) in [5.74, 6) is -0.107. The molecule has 0 saturated carbocycles. The number of benzene rings is 2. The standard InChI is InChI=1S/C20H19N3O3S/c1-26-20(25)23-19-22-17(15-10-6-3-7-11-15)18(27-19)21-16(24)13-12-14-8-4-2-5-9-14/h2-11H,12-13H2,1H3,(H,21,24)(H,22,23,25). The van der Waals surface area contributed by atoms with Crippen LogP contribution in [-0.2, 0) is 16.0 Å². The predicted molar refractivity (Wildman–Crippen MR) is 107 cm³/mol. The van der Waals surface area contributed by atoms with Crippen molar-refractivity contribution in [2.75, 3.05) is 17.7 Å². The fourth-order valence-corrected chi connectivity index (χ4v) is 3.37. The van der Waals surface area contributed by atoms with Gasteiger partial charge in [-0.15, -0.1) is 0 Å². The zero-order chi connectivity index (χ0) is 19.1. The van der Waals surface area contributed by atoms with Gasteiger partial charge in [-0.1, -0.05) is 72.0 Å². The van der Waals surface area contributed by atoms with E-state index in [0.29, 0.717) is 28.7 Å². The van der Waals surface area contributed by atoms with Crippen molar-refractivity contribution in [3.8, 4) is 11.3 Å². The van der Waals surface area contributed by atoms with Gasteiger partial charge < -0.3 is 10.1 Å². The first-order chi connectivity index (χ1) is 13.2. The van der Waals surface area contributed by atoms with E-state index in [0.717, 1.165) is 11.1 Å². The average Bonchev–Trinajstić information content (AvgIpc) is 3.09. The van der Waals surface area contributed by atoms with E-state index < -0.39 is 6.09 Å². The van der Waals surface area contributed by atoms with Crippen molar-refractivity contribution < 1.29 is 14.3 Å². The highest BCUT2D eigenvalue weighted by Crippen LogP contribution is 2.36. The zero-order valence-corrected chi connectivity index (χ0v) is 15.6. The molecule has 1 heterocycles. The molecule has 3 aromatic rings. The molecule has 27 heavy (non-hydrogen) atoms. The van der Waals surface area contributed by atoms with E-state index in [1.54, 1.807) is 0 Å². The van der Waals surface area contributed by atoms with Crippen LogP contribution in [0.15, 0.2) is 60.7 Å². The Bertz CT molecular complexity index is 911. The molecule has 0 unspecified atom stereocenters. The predicted octanol–water partition coefficient (Wildman–Crippen LogP) is 4.56. The summed E-state index contributed by atoms with van der Waals surface area (Å²) >= 11 is 1.19. The molecule has 2 N–H and O–H groups in total. The number of methoxy groups -OCH3 is 1. The van der Waals surface area contributed by atoms with Gasteiger partial charge in [-0.25, -0.2) is 9.78 Å². The van der Waals surface area contributed by atoms with Gasteiger partial charge in [0, 0.05) is 12.0 Å². The van der Waals surface area contributed by atoms with Crippen LogP contribution in [-0.4, -0.2) is 24.1 Å². The number of aromatic nitrogens is 1. The Balaban J connectivity index is 1.76. The van der Waals surface area contributed by atoms with Gasteiger partial charge in [0.2, 0.25) is 5.91 Å². The number of carbonyl (C=O) groups excluding carboxylic acids is 2. The molecular weight excluding hydrogens is 362 g/mol. The third-order valence-corrected chi connectivity index (χ3v) is 4.69. The van der Waals surface area contributed by atoms with E-state index in [1.807, 2.05) is 60.7 Å². The van der Waals surface area contributed by atoms with Crippen molar-refractivity contribution in [2.45, 2.75) is 12.8 Å². The Morgan fingerprint density at radius 3 is 2.33 bits per heavy atom. The Kier molecular flexibility index (Phi) is 6.17. The normalized spacial score (nSPS) is 10.3. The van der Waals surface area contributed by atoms with Crippen LogP contribution in [0.25, 0.3) is 11.3 Å². The number of aryl methyl sites for hydroxylation is 1. The van der Waals surface area contributed by atoms with Crippen molar-refractivity contribution in [3.63, 3.8) is 0 Å². The van der Waals surface area contributed by atoms with Gasteiger partial charge in [0.05, 0.1) is 7.11 Å². The van der Waals surface area contributed by atoms with Crippen LogP contribution < -0.4 is 10.6 Å². The van der Waals surface area contributed by atoms with Gasteiger partial charge in [0.1, 0.15) is 10.7 Å². The molecule has 3 rings (SSSR count). The fourth-order valence-electron chi connectivity index (χ4n) is 2.48. The van der Waals surface area contributed by atoms with Crippen molar-refractivity contribution in [2.24, 2.45) is 0 Å². The summed E-state index contributed by atoms with van der Waals surface area (Å²) in [6.45, 7) is 0. The van der Waals surface area contributed by atoms with Crippen LogP contribution >= 0.6 is 11.3 Å². The number of nitrogens with one attached hydrogen (secondary N) is 2. The van der Waals surface area contributed by atoms with Crippen LogP contribution in [0.4, 0.5) is 14.9 Å².